The predicted octanol–water partition coefficient (Wildman–Crippen LogP) is 0.482. The van der Waals surface area contributed by atoms with Crippen LogP contribution in [0.25, 0.3) is 0 Å². The van der Waals surface area contributed by atoms with Gasteiger partial charge in [-0.05, 0) is 12.1 Å². The van der Waals surface area contributed by atoms with Gasteiger partial charge in [0.15, 0.2) is 4.87 Å². The molecule has 0 saturated carbocycles. The topological polar surface area (TPSA) is 72.1 Å². The molecule has 0 unspecified atom stereocenters. The maximum atomic E-state index is 10.7. The summed E-state index contributed by atoms with van der Waals surface area (Å²) in [5.74, 6) is 5.01. The van der Waals surface area contributed by atoms with Gasteiger partial charge in [-0.15, -0.1) is 0 Å². The molecule has 4 N–H and O–H groups in total. The Balaban J connectivity index is 2.88. The van der Waals surface area contributed by atoms with Crippen LogP contribution in [0.5, 0.6) is 0 Å². The third-order valence-corrected chi connectivity index (χ3v) is 1.48. The Kier molecular flexibility index (Phi) is 2.76. The summed E-state index contributed by atoms with van der Waals surface area (Å²) in [6, 6.07) is 6.94. The van der Waals surface area contributed by atoms with Gasteiger partial charge in [0.25, 0.3) is 5.69 Å². The molecule has 0 amide bonds. The molecule has 0 spiro atoms. The number of nitroso groups, excluding NO2 is 1. The van der Waals surface area contributed by atoms with Crippen LogP contribution in [0.3, 0.4) is 0 Å². The van der Waals surface area contributed by atoms with Crippen LogP contribution in [0.1, 0.15) is 5.56 Å². The van der Waals surface area contributed by atoms with Gasteiger partial charge in [-0.2, -0.15) is 5.84 Å². The number of nitrogens with zero attached hydrogens (tertiary/aromatic N) is 1. The van der Waals surface area contributed by atoms with Crippen molar-refractivity contribution in [2.45, 2.75) is 0 Å². The zero-order valence-electron chi connectivity index (χ0n) is 6.60. The maximum absolute atomic E-state index is 10.7. The number of nitrogens with two attached hydrogens (primary N) is 2. The SMILES string of the molecule is NC[CH]c1cccc([N+](N)=O)c1. The van der Waals surface area contributed by atoms with Crippen molar-refractivity contribution < 1.29 is 4.87 Å². The largest absolute Gasteiger partial charge is 0.330 e. The van der Waals surface area contributed by atoms with Crippen LogP contribution in [0.2, 0.25) is 0 Å². The molecule has 0 atom stereocenters. The van der Waals surface area contributed by atoms with Crippen molar-refractivity contribution in [1.29, 1.82) is 0 Å². The van der Waals surface area contributed by atoms with Crippen molar-refractivity contribution in [3.05, 3.63) is 41.2 Å². The van der Waals surface area contributed by atoms with Crippen molar-refractivity contribution in [2.24, 2.45) is 11.6 Å². The van der Waals surface area contributed by atoms with E-state index in [-0.39, 0.29) is 0 Å². The van der Waals surface area contributed by atoms with Gasteiger partial charge >= 0.3 is 0 Å². The molecule has 0 bridgehead atoms. The monoisotopic (exact) mass is 165 g/mol. The highest BCUT2D eigenvalue weighted by molar-refractivity contribution is 5.37. The molecule has 0 heterocycles. The lowest BCUT2D eigenvalue weighted by Gasteiger charge is -1.95. The molecule has 0 aliphatic carbocycles. The molecule has 4 heteroatoms. The van der Waals surface area contributed by atoms with E-state index in [4.69, 9.17) is 11.6 Å². The molecule has 0 aliphatic rings. The smallest absolute Gasteiger partial charge is 0.291 e. The summed E-state index contributed by atoms with van der Waals surface area (Å²) < 4.78 is 0. The maximum Gasteiger partial charge on any atom is 0.291 e. The fourth-order valence-corrected chi connectivity index (χ4v) is 0.925. The van der Waals surface area contributed by atoms with Gasteiger partial charge in [-0.1, -0.05) is 12.1 Å². The highest BCUT2D eigenvalue weighted by atomic mass is 16.3. The molecule has 1 aromatic rings. The molecule has 1 radical (unpaired) electrons. The van der Waals surface area contributed by atoms with E-state index in [1.165, 1.54) is 0 Å². The van der Waals surface area contributed by atoms with E-state index in [2.05, 4.69) is 0 Å². The first-order valence-corrected chi connectivity index (χ1v) is 3.59. The van der Waals surface area contributed by atoms with E-state index >= 15 is 0 Å². The second kappa shape index (κ2) is 3.82. The van der Waals surface area contributed by atoms with Crippen LogP contribution in [-0.2, 0) is 0 Å². The molecule has 1 rings (SSSR count). The van der Waals surface area contributed by atoms with Gasteiger partial charge in [0.1, 0.15) is 0 Å². The summed E-state index contributed by atoms with van der Waals surface area (Å²) in [7, 11) is 0. The summed E-state index contributed by atoms with van der Waals surface area (Å²) >= 11 is 0. The Labute approximate surface area is 70.7 Å². The van der Waals surface area contributed by atoms with E-state index < -0.39 is 0 Å². The van der Waals surface area contributed by atoms with E-state index in [0.29, 0.717) is 17.1 Å². The number of rotatable bonds is 3. The van der Waals surface area contributed by atoms with E-state index in [1.807, 2.05) is 12.5 Å². The highest BCUT2D eigenvalue weighted by Gasteiger charge is 2.07. The standard InChI is InChI=1S/C8H11N3O/c9-5-4-7-2-1-3-8(6-7)11(10)12/h1-4,6H,5,9H2,(H2,10,12)/q+1. The number of hydrazine groups is 1. The first kappa shape index (κ1) is 8.67. The van der Waals surface area contributed by atoms with Gasteiger partial charge in [0.05, 0.1) is 4.91 Å². The molecule has 63 valence electrons. The van der Waals surface area contributed by atoms with Gasteiger partial charge in [-0.3, -0.25) is 0 Å². The van der Waals surface area contributed by atoms with Crippen molar-refractivity contribution in [1.82, 2.24) is 0 Å². The number of hydrogen-bond donors (Lipinski definition) is 2. The Morgan fingerprint density at radius 2 is 2.25 bits per heavy atom. The first-order valence-electron chi connectivity index (χ1n) is 3.59. The van der Waals surface area contributed by atoms with E-state index in [9.17, 15) is 4.91 Å². The highest BCUT2D eigenvalue weighted by Crippen LogP contribution is 2.12. The van der Waals surface area contributed by atoms with Crippen LogP contribution in [0, 0.1) is 11.3 Å². The zero-order chi connectivity index (χ0) is 8.97. The second-order valence-corrected chi connectivity index (χ2v) is 2.36. The lowest BCUT2D eigenvalue weighted by Crippen LogP contribution is -2.09. The van der Waals surface area contributed by atoms with Crippen LogP contribution < -0.4 is 11.6 Å². The van der Waals surface area contributed by atoms with E-state index in [0.717, 1.165) is 5.56 Å². The Bertz CT molecular complexity index is 285. The van der Waals surface area contributed by atoms with Crippen LogP contribution >= 0.6 is 0 Å². The van der Waals surface area contributed by atoms with Crippen molar-refractivity contribution in [2.75, 3.05) is 6.54 Å². The second-order valence-electron chi connectivity index (χ2n) is 2.36. The molecular weight excluding hydrogens is 154 g/mol. The van der Waals surface area contributed by atoms with Gasteiger partial charge in [0, 0.05) is 18.6 Å². The normalized spacial score (nSPS) is 9.75. The minimum atomic E-state index is 0.327. The molecule has 1 aromatic carbocycles. The minimum absolute atomic E-state index is 0.327. The van der Waals surface area contributed by atoms with Crippen LogP contribution in [-0.4, -0.2) is 11.4 Å². The lowest BCUT2D eigenvalue weighted by atomic mass is 10.1. The summed E-state index contributed by atoms with van der Waals surface area (Å²) in [4.78, 5) is 11.0. The molecule has 0 aliphatic heterocycles. The third-order valence-electron chi connectivity index (χ3n) is 1.48. The van der Waals surface area contributed by atoms with E-state index in [1.54, 1.807) is 18.2 Å². The summed E-state index contributed by atoms with van der Waals surface area (Å²) in [5, 5.41) is 0. The van der Waals surface area contributed by atoms with Gasteiger partial charge in [-0.25, -0.2) is 0 Å². The summed E-state index contributed by atoms with van der Waals surface area (Å²) in [6.45, 7) is 0.451. The van der Waals surface area contributed by atoms with Crippen LogP contribution in [0.15, 0.2) is 24.3 Å². The Morgan fingerprint density at radius 3 is 2.83 bits per heavy atom. The fraction of sp³-hybridized carbons (Fsp3) is 0.125. The molecule has 4 nitrogen and oxygen atoms in total. The molecule has 12 heavy (non-hydrogen) atoms. The van der Waals surface area contributed by atoms with Crippen molar-refractivity contribution in [3.63, 3.8) is 0 Å². The average Bonchev–Trinajstić information content (AvgIpc) is 2.05. The van der Waals surface area contributed by atoms with Crippen LogP contribution in [0.4, 0.5) is 5.69 Å². The van der Waals surface area contributed by atoms with Gasteiger partial charge < -0.3 is 5.73 Å². The number of benzene rings is 1. The lowest BCUT2D eigenvalue weighted by molar-refractivity contribution is -0.474. The average molecular weight is 165 g/mol. The quantitative estimate of drug-likeness (QED) is 0.389. The predicted molar refractivity (Wildman–Crippen MR) is 46.4 cm³/mol. The number of hydrogen-bond acceptors (Lipinski definition) is 2. The summed E-state index contributed by atoms with van der Waals surface area (Å²) in [5.41, 5.74) is 6.64. The Hall–Kier alpha value is -1.42. The molecule has 0 aromatic heterocycles. The third kappa shape index (κ3) is 2.03. The molecule has 0 saturated heterocycles. The van der Waals surface area contributed by atoms with Crippen molar-refractivity contribution in [3.8, 4) is 0 Å². The summed E-state index contributed by atoms with van der Waals surface area (Å²) in [6.07, 6.45) is 1.81. The van der Waals surface area contributed by atoms with Crippen molar-refractivity contribution >= 4 is 5.69 Å². The molecular formula is C8H11N3O+. The van der Waals surface area contributed by atoms with Gasteiger partial charge in [0.2, 0.25) is 0 Å². The molecule has 0 fully saturated rings. The first-order chi connectivity index (χ1) is 5.74. The fourth-order valence-electron chi connectivity index (χ4n) is 0.925. The minimum Gasteiger partial charge on any atom is -0.330 e. The zero-order valence-corrected chi connectivity index (χ0v) is 6.60. The Morgan fingerprint density at radius 1 is 1.50 bits per heavy atom.